The van der Waals surface area contributed by atoms with Crippen molar-refractivity contribution in [1.29, 1.82) is 0 Å². The predicted molar refractivity (Wildman–Crippen MR) is 62.2 cm³/mol. The summed E-state index contributed by atoms with van der Waals surface area (Å²) in [6.07, 6.45) is 3.70. The minimum absolute atomic E-state index is 0.0792. The number of nitrogens with zero attached hydrogens (tertiary/aromatic N) is 2. The van der Waals surface area contributed by atoms with Gasteiger partial charge in [-0.15, -0.1) is 0 Å². The molecule has 1 rings (SSSR count). The highest BCUT2D eigenvalue weighted by atomic mass is 16.1. The summed E-state index contributed by atoms with van der Waals surface area (Å²) in [4.78, 5) is 11.8. The second kappa shape index (κ2) is 5.16. The first-order chi connectivity index (χ1) is 7.02. The number of imidazole rings is 1. The largest absolute Gasteiger partial charge is 0.328 e. The van der Waals surface area contributed by atoms with Gasteiger partial charge in [-0.05, 0) is 13.8 Å². The Labute approximate surface area is 90.9 Å². The van der Waals surface area contributed by atoms with Crippen LogP contribution in [0.25, 0.3) is 0 Å². The predicted octanol–water partition coefficient (Wildman–Crippen LogP) is 1.23. The quantitative estimate of drug-likeness (QED) is 0.795. The summed E-state index contributed by atoms with van der Waals surface area (Å²) in [6, 6.07) is 0.699. The first-order valence-corrected chi connectivity index (χ1v) is 5.53. The van der Waals surface area contributed by atoms with E-state index in [4.69, 9.17) is 0 Å². The SMILES string of the molecule is CC(C)NCCn1ccn(C(C)C)c1=O. The minimum atomic E-state index is 0.0792. The van der Waals surface area contributed by atoms with Gasteiger partial charge in [0.25, 0.3) is 0 Å². The zero-order chi connectivity index (χ0) is 11.4. The molecular weight excluding hydrogens is 190 g/mol. The van der Waals surface area contributed by atoms with Gasteiger partial charge in [0.1, 0.15) is 0 Å². The average Bonchev–Trinajstić information content (AvgIpc) is 2.47. The summed E-state index contributed by atoms with van der Waals surface area (Å²) < 4.78 is 3.49. The molecule has 0 aliphatic heterocycles. The van der Waals surface area contributed by atoms with E-state index in [1.165, 1.54) is 0 Å². The van der Waals surface area contributed by atoms with Gasteiger partial charge in [0.15, 0.2) is 0 Å². The van der Waals surface area contributed by atoms with E-state index in [1.54, 1.807) is 9.13 Å². The topological polar surface area (TPSA) is 39.0 Å². The van der Waals surface area contributed by atoms with Gasteiger partial charge in [0.2, 0.25) is 0 Å². The summed E-state index contributed by atoms with van der Waals surface area (Å²) in [5, 5.41) is 3.29. The number of aromatic nitrogens is 2. The van der Waals surface area contributed by atoms with Crippen molar-refractivity contribution in [2.75, 3.05) is 6.54 Å². The van der Waals surface area contributed by atoms with Crippen LogP contribution in [0.5, 0.6) is 0 Å². The molecule has 1 N–H and O–H groups in total. The Morgan fingerprint density at radius 3 is 2.40 bits per heavy atom. The standard InChI is InChI=1S/C11H21N3O/c1-9(2)12-5-6-13-7-8-14(10(3)4)11(13)15/h7-10,12H,5-6H2,1-4H3. The molecule has 0 radical (unpaired) electrons. The van der Waals surface area contributed by atoms with Crippen molar-refractivity contribution in [2.45, 2.75) is 46.3 Å². The van der Waals surface area contributed by atoms with Gasteiger partial charge in [-0.25, -0.2) is 4.79 Å². The Morgan fingerprint density at radius 2 is 1.93 bits per heavy atom. The first-order valence-electron chi connectivity index (χ1n) is 5.53. The van der Waals surface area contributed by atoms with Crippen LogP contribution in [0.15, 0.2) is 17.2 Å². The Hall–Kier alpha value is -1.03. The molecule has 0 amide bonds. The molecule has 0 saturated heterocycles. The van der Waals surface area contributed by atoms with E-state index in [1.807, 2.05) is 26.2 Å². The van der Waals surface area contributed by atoms with E-state index in [9.17, 15) is 4.79 Å². The number of hydrogen-bond acceptors (Lipinski definition) is 2. The minimum Gasteiger partial charge on any atom is -0.313 e. The molecule has 1 aromatic heterocycles. The van der Waals surface area contributed by atoms with E-state index in [0.29, 0.717) is 6.04 Å². The molecule has 0 fully saturated rings. The normalized spacial score (nSPS) is 11.6. The van der Waals surface area contributed by atoms with Crippen LogP contribution in [0.1, 0.15) is 33.7 Å². The summed E-state index contributed by atoms with van der Waals surface area (Å²) in [7, 11) is 0. The third-order valence-corrected chi connectivity index (χ3v) is 2.34. The second-order valence-corrected chi connectivity index (χ2v) is 4.38. The zero-order valence-corrected chi connectivity index (χ0v) is 10.0. The lowest BCUT2D eigenvalue weighted by Gasteiger charge is -2.08. The highest BCUT2D eigenvalue weighted by molar-refractivity contribution is 4.83. The van der Waals surface area contributed by atoms with E-state index in [0.717, 1.165) is 13.1 Å². The molecule has 0 spiro atoms. The van der Waals surface area contributed by atoms with E-state index >= 15 is 0 Å². The summed E-state index contributed by atoms with van der Waals surface area (Å²) in [6.45, 7) is 9.79. The van der Waals surface area contributed by atoms with Crippen LogP contribution < -0.4 is 11.0 Å². The van der Waals surface area contributed by atoms with Crippen molar-refractivity contribution in [3.05, 3.63) is 22.9 Å². The molecule has 1 heterocycles. The maximum Gasteiger partial charge on any atom is 0.328 e. The summed E-state index contributed by atoms with van der Waals surface area (Å²) in [5.74, 6) is 0. The fourth-order valence-electron chi connectivity index (χ4n) is 1.47. The smallest absolute Gasteiger partial charge is 0.313 e. The van der Waals surface area contributed by atoms with Crippen LogP contribution >= 0.6 is 0 Å². The van der Waals surface area contributed by atoms with Crippen molar-refractivity contribution in [3.8, 4) is 0 Å². The monoisotopic (exact) mass is 211 g/mol. The van der Waals surface area contributed by atoms with Crippen LogP contribution in [0.3, 0.4) is 0 Å². The number of nitrogens with one attached hydrogen (secondary N) is 1. The van der Waals surface area contributed by atoms with Crippen molar-refractivity contribution in [1.82, 2.24) is 14.5 Å². The summed E-state index contributed by atoms with van der Waals surface area (Å²) in [5.41, 5.74) is 0.0792. The molecule has 4 heteroatoms. The Kier molecular flexibility index (Phi) is 4.15. The molecule has 0 bridgehead atoms. The Morgan fingerprint density at radius 1 is 1.27 bits per heavy atom. The van der Waals surface area contributed by atoms with Crippen LogP contribution in [-0.4, -0.2) is 21.7 Å². The molecule has 0 saturated carbocycles. The fourth-order valence-corrected chi connectivity index (χ4v) is 1.47. The average molecular weight is 211 g/mol. The Balaban J connectivity index is 2.59. The summed E-state index contributed by atoms with van der Waals surface area (Å²) >= 11 is 0. The lowest BCUT2D eigenvalue weighted by molar-refractivity contribution is 0.513. The van der Waals surface area contributed by atoms with Gasteiger partial charge in [0, 0.05) is 37.6 Å². The molecule has 1 aromatic rings. The van der Waals surface area contributed by atoms with Crippen LogP contribution in [-0.2, 0) is 6.54 Å². The van der Waals surface area contributed by atoms with Gasteiger partial charge in [0.05, 0.1) is 0 Å². The van der Waals surface area contributed by atoms with Crippen LogP contribution in [0, 0.1) is 0 Å². The molecule has 86 valence electrons. The molecule has 0 unspecified atom stereocenters. The van der Waals surface area contributed by atoms with E-state index in [2.05, 4.69) is 19.2 Å². The van der Waals surface area contributed by atoms with Gasteiger partial charge in [-0.3, -0.25) is 9.13 Å². The van der Waals surface area contributed by atoms with Crippen molar-refractivity contribution in [3.63, 3.8) is 0 Å². The zero-order valence-electron chi connectivity index (χ0n) is 10.0. The molecule has 0 atom stereocenters. The van der Waals surface area contributed by atoms with Gasteiger partial charge >= 0.3 is 5.69 Å². The molecular formula is C11H21N3O. The van der Waals surface area contributed by atoms with Crippen molar-refractivity contribution >= 4 is 0 Å². The van der Waals surface area contributed by atoms with E-state index < -0.39 is 0 Å². The highest BCUT2D eigenvalue weighted by Crippen LogP contribution is 1.98. The van der Waals surface area contributed by atoms with Crippen LogP contribution in [0.2, 0.25) is 0 Å². The second-order valence-electron chi connectivity index (χ2n) is 4.38. The first kappa shape index (κ1) is 12.0. The lowest BCUT2D eigenvalue weighted by atomic mass is 10.4. The van der Waals surface area contributed by atoms with Gasteiger partial charge < -0.3 is 5.32 Å². The van der Waals surface area contributed by atoms with Crippen molar-refractivity contribution < 1.29 is 0 Å². The maximum absolute atomic E-state index is 11.8. The van der Waals surface area contributed by atoms with E-state index in [-0.39, 0.29) is 11.7 Å². The Bertz CT molecular complexity index is 349. The molecule has 15 heavy (non-hydrogen) atoms. The third kappa shape index (κ3) is 3.23. The van der Waals surface area contributed by atoms with Crippen LogP contribution in [0.4, 0.5) is 0 Å². The molecule has 0 aromatic carbocycles. The number of hydrogen-bond donors (Lipinski definition) is 1. The molecule has 0 aliphatic rings. The lowest BCUT2D eigenvalue weighted by Crippen LogP contribution is -2.31. The van der Waals surface area contributed by atoms with Gasteiger partial charge in [-0.2, -0.15) is 0 Å². The number of rotatable bonds is 5. The van der Waals surface area contributed by atoms with Crippen molar-refractivity contribution in [2.24, 2.45) is 0 Å². The van der Waals surface area contributed by atoms with Gasteiger partial charge in [-0.1, -0.05) is 13.8 Å². The molecule has 0 aliphatic carbocycles. The molecule has 4 nitrogen and oxygen atoms in total. The maximum atomic E-state index is 11.8. The highest BCUT2D eigenvalue weighted by Gasteiger charge is 2.05. The third-order valence-electron chi connectivity index (χ3n) is 2.34. The fraction of sp³-hybridized carbons (Fsp3) is 0.727.